The highest BCUT2D eigenvalue weighted by atomic mass is 127. The first-order valence-corrected chi connectivity index (χ1v) is 6.71. The van der Waals surface area contributed by atoms with Crippen molar-refractivity contribution in [2.45, 2.75) is 25.3 Å². The van der Waals surface area contributed by atoms with Gasteiger partial charge in [-0.15, -0.1) is 0 Å². The molecule has 1 atom stereocenters. The van der Waals surface area contributed by atoms with E-state index in [1.807, 2.05) is 0 Å². The summed E-state index contributed by atoms with van der Waals surface area (Å²) in [5.74, 6) is -0.157. The SMILES string of the molecule is O=C1CC(Nc2ccc(F)cc2I)CCCN1. The van der Waals surface area contributed by atoms with Crippen LogP contribution >= 0.6 is 22.6 Å². The van der Waals surface area contributed by atoms with Gasteiger partial charge >= 0.3 is 0 Å². The van der Waals surface area contributed by atoms with Crippen LogP contribution in [0.3, 0.4) is 0 Å². The average molecular weight is 348 g/mol. The zero-order valence-electron chi connectivity index (χ0n) is 9.30. The maximum atomic E-state index is 13.0. The fraction of sp³-hybridized carbons (Fsp3) is 0.417. The number of anilines is 1. The van der Waals surface area contributed by atoms with Crippen molar-refractivity contribution in [3.8, 4) is 0 Å². The topological polar surface area (TPSA) is 41.1 Å². The zero-order valence-corrected chi connectivity index (χ0v) is 11.5. The molecule has 1 aliphatic heterocycles. The number of carbonyl (C=O) groups is 1. The minimum Gasteiger partial charge on any atom is -0.381 e. The lowest BCUT2D eigenvalue weighted by Gasteiger charge is -2.17. The van der Waals surface area contributed by atoms with E-state index in [1.165, 1.54) is 12.1 Å². The summed E-state index contributed by atoms with van der Waals surface area (Å²) in [6.45, 7) is 0.748. The highest BCUT2D eigenvalue weighted by Crippen LogP contribution is 2.22. The number of halogens is 2. The molecule has 0 radical (unpaired) electrons. The molecule has 1 heterocycles. The van der Waals surface area contributed by atoms with Crippen LogP contribution in [0.25, 0.3) is 0 Å². The molecule has 1 aliphatic rings. The lowest BCUT2D eigenvalue weighted by molar-refractivity contribution is -0.120. The van der Waals surface area contributed by atoms with E-state index < -0.39 is 0 Å². The monoisotopic (exact) mass is 348 g/mol. The van der Waals surface area contributed by atoms with Crippen molar-refractivity contribution in [1.29, 1.82) is 0 Å². The van der Waals surface area contributed by atoms with Gasteiger partial charge in [0, 0.05) is 28.3 Å². The molecular formula is C12H14FIN2O. The molecular weight excluding hydrogens is 334 g/mol. The third-order valence-electron chi connectivity index (χ3n) is 2.77. The van der Waals surface area contributed by atoms with E-state index >= 15 is 0 Å². The molecule has 1 fully saturated rings. The molecule has 0 aromatic heterocycles. The first-order valence-electron chi connectivity index (χ1n) is 5.63. The summed E-state index contributed by atoms with van der Waals surface area (Å²) >= 11 is 2.09. The summed E-state index contributed by atoms with van der Waals surface area (Å²) in [5.41, 5.74) is 0.895. The van der Waals surface area contributed by atoms with Crippen molar-refractivity contribution in [3.05, 3.63) is 27.6 Å². The fourth-order valence-corrected chi connectivity index (χ4v) is 2.56. The van der Waals surface area contributed by atoms with E-state index in [2.05, 4.69) is 33.2 Å². The van der Waals surface area contributed by atoms with Gasteiger partial charge in [0.1, 0.15) is 5.82 Å². The van der Waals surface area contributed by atoms with Crippen LogP contribution in [0.4, 0.5) is 10.1 Å². The van der Waals surface area contributed by atoms with Crippen molar-refractivity contribution in [2.75, 3.05) is 11.9 Å². The molecule has 5 heteroatoms. The van der Waals surface area contributed by atoms with Crippen LogP contribution in [0.1, 0.15) is 19.3 Å². The minimum absolute atomic E-state index is 0.0807. The molecule has 17 heavy (non-hydrogen) atoms. The van der Waals surface area contributed by atoms with Crippen molar-refractivity contribution < 1.29 is 9.18 Å². The van der Waals surface area contributed by atoms with E-state index in [0.717, 1.165) is 28.6 Å². The second kappa shape index (κ2) is 5.66. The highest BCUT2D eigenvalue weighted by molar-refractivity contribution is 14.1. The summed E-state index contributed by atoms with van der Waals surface area (Å²) in [7, 11) is 0. The molecule has 1 saturated heterocycles. The third kappa shape index (κ3) is 3.55. The Morgan fingerprint density at radius 3 is 3.06 bits per heavy atom. The van der Waals surface area contributed by atoms with Crippen molar-refractivity contribution in [2.24, 2.45) is 0 Å². The van der Waals surface area contributed by atoms with E-state index in [0.29, 0.717) is 6.42 Å². The van der Waals surface area contributed by atoms with Crippen molar-refractivity contribution >= 4 is 34.2 Å². The van der Waals surface area contributed by atoms with Crippen LogP contribution in [0.15, 0.2) is 18.2 Å². The van der Waals surface area contributed by atoms with Gasteiger partial charge in [-0.2, -0.15) is 0 Å². The lowest BCUT2D eigenvalue weighted by Crippen LogP contribution is -2.27. The largest absolute Gasteiger partial charge is 0.381 e. The number of benzene rings is 1. The third-order valence-corrected chi connectivity index (χ3v) is 3.67. The van der Waals surface area contributed by atoms with Crippen LogP contribution in [0, 0.1) is 9.39 Å². The number of nitrogens with one attached hydrogen (secondary N) is 2. The Hall–Kier alpha value is -0.850. The summed E-state index contributed by atoms with van der Waals surface area (Å²) in [6, 6.07) is 4.78. The molecule has 3 nitrogen and oxygen atoms in total. The standard InChI is InChI=1S/C12H14FIN2O/c13-8-3-4-11(10(14)6-8)16-9-2-1-5-15-12(17)7-9/h3-4,6,9,16H,1-2,5,7H2,(H,15,17). The molecule has 1 amide bonds. The maximum absolute atomic E-state index is 13.0. The second-order valence-electron chi connectivity index (χ2n) is 4.16. The quantitative estimate of drug-likeness (QED) is 0.807. The predicted octanol–water partition coefficient (Wildman–Crippen LogP) is 2.51. The van der Waals surface area contributed by atoms with Crippen LogP contribution in [-0.4, -0.2) is 18.5 Å². The summed E-state index contributed by atoms with van der Waals surface area (Å²) in [6.07, 6.45) is 2.40. The number of hydrogen-bond acceptors (Lipinski definition) is 2. The molecule has 0 saturated carbocycles. The number of rotatable bonds is 2. The Bertz CT molecular complexity index is 425. The van der Waals surface area contributed by atoms with Crippen LogP contribution in [-0.2, 0) is 4.79 Å². The van der Waals surface area contributed by atoms with Crippen molar-refractivity contribution in [3.63, 3.8) is 0 Å². The van der Waals surface area contributed by atoms with Crippen LogP contribution < -0.4 is 10.6 Å². The number of hydrogen-bond donors (Lipinski definition) is 2. The van der Waals surface area contributed by atoms with E-state index in [1.54, 1.807) is 6.07 Å². The lowest BCUT2D eigenvalue weighted by atomic mass is 10.1. The van der Waals surface area contributed by atoms with Gasteiger partial charge < -0.3 is 10.6 Å². The summed E-state index contributed by atoms with van der Waals surface area (Å²) in [5, 5.41) is 6.15. The zero-order chi connectivity index (χ0) is 12.3. The van der Waals surface area contributed by atoms with Crippen LogP contribution in [0.2, 0.25) is 0 Å². The normalized spacial score (nSPS) is 20.6. The van der Waals surface area contributed by atoms with Gasteiger partial charge in [0.25, 0.3) is 0 Å². The molecule has 0 aliphatic carbocycles. The van der Waals surface area contributed by atoms with Crippen molar-refractivity contribution in [1.82, 2.24) is 5.32 Å². The molecule has 1 unspecified atom stereocenters. The van der Waals surface area contributed by atoms with Gasteiger partial charge in [0.05, 0.1) is 0 Å². The summed E-state index contributed by atoms with van der Waals surface area (Å²) < 4.78 is 13.8. The van der Waals surface area contributed by atoms with Gasteiger partial charge in [-0.25, -0.2) is 4.39 Å². The molecule has 0 spiro atoms. The van der Waals surface area contributed by atoms with Gasteiger partial charge in [-0.1, -0.05) is 0 Å². The Kier molecular flexibility index (Phi) is 4.20. The van der Waals surface area contributed by atoms with Gasteiger partial charge in [0.2, 0.25) is 5.91 Å². The number of carbonyl (C=O) groups excluding carboxylic acids is 1. The molecule has 1 aromatic carbocycles. The Morgan fingerprint density at radius 2 is 2.29 bits per heavy atom. The molecule has 0 bridgehead atoms. The van der Waals surface area contributed by atoms with Gasteiger partial charge in [-0.05, 0) is 53.6 Å². The summed E-state index contributed by atoms with van der Waals surface area (Å²) in [4.78, 5) is 11.4. The Morgan fingerprint density at radius 1 is 1.47 bits per heavy atom. The Balaban J connectivity index is 2.06. The highest BCUT2D eigenvalue weighted by Gasteiger charge is 2.17. The van der Waals surface area contributed by atoms with E-state index in [4.69, 9.17) is 0 Å². The first-order chi connectivity index (χ1) is 8.15. The molecule has 2 N–H and O–H groups in total. The average Bonchev–Trinajstić information content (AvgIpc) is 2.47. The van der Waals surface area contributed by atoms with E-state index in [9.17, 15) is 9.18 Å². The Labute approximate surface area is 113 Å². The van der Waals surface area contributed by atoms with Crippen LogP contribution in [0.5, 0.6) is 0 Å². The molecule has 2 rings (SSSR count). The van der Waals surface area contributed by atoms with E-state index in [-0.39, 0.29) is 17.8 Å². The predicted molar refractivity (Wildman–Crippen MR) is 73.4 cm³/mol. The molecule has 1 aromatic rings. The van der Waals surface area contributed by atoms with Gasteiger partial charge in [-0.3, -0.25) is 4.79 Å². The first kappa shape index (κ1) is 12.6. The second-order valence-corrected chi connectivity index (χ2v) is 5.32. The number of amides is 1. The molecule has 92 valence electrons. The minimum atomic E-state index is -0.237. The maximum Gasteiger partial charge on any atom is 0.222 e. The van der Waals surface area contributed by atoms with Gasteiger partial charge in [0.15, 0.2) is 0 Å². The smallest absolute Gasteiger partial charge is 0.222 e. The fourth-order valence-electron chi connectivity index (χ4n) is 1.92.